The number of hydrogen-bond donors (Lipinski definition) is 2. The van der Waals surface area contributed by atoms with E-state index in [1.54, 1.807) is 58.0 Å². The number of benzene rings is 2. The van der Waals surface area contributed by atoms with Gasteiger partial charge in [0.1, 0.15) is 23.2 Å². The number of Topliss-reactive ketones (excluding diaryl/α,β-unsaturated/α-hetero) is 2. The monoisotopic (exact) mass is 978 g/mol. The van der Waals surface area contributed by atoms with Gasteiger partial charge in [0.05, 0.1) is 21.9 Å². The van der Waals surface area contributed by atoms with E-state index in [1.165, 1.54) is 47.3 Å². The van der Waals surface area contributed by atoms with E-state index in [-0.39, 0.29) is 51.2 Å². The summed E-state index contributed by atoms with van der Waals surface area (Å²) in [6.45, 7) is 5.37. The number of hydrogen-bond acceptors (Lipinski definition) is 14. The molecule has 2 saturated heterocycles. The Kier molecular flexibility index (Phi) is 16.6. The van der Waals surface area contributed by atoms with Gasteiger partial charge in [-0.1, -0.05) is 68.8 Å². The molecule has 0 amide bonds. The van der Waals surface area contributed by atoms with Crippen LogP contribution in [0, 0.1) is 47.4 Å². The third-order valence-electron chi connectivity index (χ3n) is 11.6. The van der Waals surface area contributed by atoms with Crippen LogP contribution >= 0.6 is 43.2 Å². The van der Waals surface area contributed by atoms with Crippen molar-refractivity contribution in [3.05, 3.63) is 141 Å². The van der Waals surface area contributed by atoms with E-state index in [1.807, 2.05) is 29.7 Å². The van der Waals surface area contributed by atoms with Gasteiger partial charge in [0, 0.05) is 84.1 Å². The first-order valence-electron chi connectivity index (χ1n) is 21.4. The zero-order chi connectivity index (χ0) is 47.1. The zero-order valence-electron chi connectivity index (χ0n) is 36.0. The van der Waals surface area contributed by atoms with Crippen molar-refractivity contribution < 1.29 is 47.5 Å². The van der Waals surface area contributed by atoms with Crippen LogP contribution in [-0.4, -0.2) is 90.1 Å². The second kappa shape index (κ2) is 22.3. The molecular formula is C47H48F2N4O9S4. The van der Waals surface area contributed by atoms with E-state index in [4.69, 9.17) is 4.42 Å². The maximum Gasteiger partial charge on any atom is 0.328 e. The number of aromatic nitrogens is 1. The molecule has 0 radical (unpaired) electrons. The summed E-state index contributed by atoms with van der Waals surface area (Å²) in [6.07, 6.45) is 8.27. The second-order valence-electron chi connectivity index (χ2n) is 16.5. The fourth-order valence-electron chi connectivity index (χ4n) is 8.15. The summed E-state index contributed by atoms with van der Waals surface area (Å²) in [7, 11) is 5.62. The van der Waals surface area contributed by atoms with Gasteiger partial charge in [0.25, 0.3) is 0 Å². The number of carbonyl (C=O) groups is 4. The molecule has 348 valence electrons. The number of carboxylic acids is 2. The number of nitrogens with zero attached hydrogens (tertiary/aromatic N) is 4. The molecule has 4 fully saturated rings. The van der Waals surface area contributed by atoms with Crippen LogP contribution in [0.1, 0.15) is 73.3 Å². The first kappa shape index (κ1) is 49.1. The fraction of sp³-hybridized carbons (Fsp3) is 0.383. The van der Waals surface area contributed by atoms with E-state index in [0.29, 0.717) is 49.2 Å². The molecule has 2 aromatic carbocycles. The highest BCUT2D eigenvalue weighted by Gasteiger charge is 2.43. The summed E-state index contributed by atoms with van der Waals surface area (Å²) in [4.78, 5) is 69.1. The van der Waals surface area contributed by atoms with Crippen molar-refractivity contribution in [3.8, 4) is 0 Å². The lowest BCUT2D eigenvalue weighted by Crippen LogP contribution is -2.43. The number of pyridine rings is 1. The Labute approximate surface area is 396 Å². The average Bonchev–Trinajstić information content (AvgIpc) is 4.22. The minimum atomic E-state index is -1.12. The van der Waals surface area contributed by atoms with Gasteiger partial charge in [-0.05, 0) is 98.6 Å². The van der Waals surface area contributed by atoms with Crippen molar-refractivity contribution in [3.63, 3.8) is 0 Å². The highest BCUT2D eigenvalue weighted by atomic mass is 33.1. The molecule has 4 atom stereocenters. The maximum atomic E-state index is 14.7. The predicted octanol–water partition coefficient (Wildman–Crippen LogP) is 10.3. The van der Waals surface area contributed by atoms with Crippen molar-refractivity contribution >= 4 is 72.4 Å². The lowest BCUT2D eigenvalue weighted by molar-refractivity contribution is -0.388. The van der Waals surface area contributed by atoms with Crippen LogP contribution in [0.2, 0.25) is 0 Å². The van der Waals surface area contributed by atoms with Crippen molar-refractivity contribution in [2.24, 2.45) is 11.8 Å². The number of furan rings is 1. The van der Waals surface area contributed by atoms with Crippen LogP contribution in [0.4, 0.5) is 14.5 Å². The molecule has 19 heteroatoms. The Morgan fingerprint density at radius 3 is 1.67 bits per heavy atom. The number of piperidine rings is 2. The normalized spacial score (nSPS) is 21.2. The third kappa shape index (κ3) is 12.6. The maximum absolute atomic E-state index is 14.7. The largest absolute Gasteiger partial charge is 0.478 e. The van der Waals surface area contributed by atoms with Crippen molar-refractivity contribution in [2.45, 2.75) is 84.9 Å². The molecule has 2 aromatic heterocycles. The number of carboxylic acid groups (broad SMARTS) is 2. The molecule has 0 bridgehead atoms. The molecule has 4 unspecified atom stereocenters. The van der Waals surface area contributed by atoms with Crippen LogP contribution in [0.5, 0.6) is 0 Å². The van der Waals surface area contributed by atoms with Gasteiger partial charge in [-0.2, -0.15) is 0 Å². The number of likely N-dealkylation sites (tertiary alicyclic amines) is 2. The van der Waals surface area contributed by atoms with Crippen molar-refractivity contribution in [1.82, 2.24) is 14.8 Å². The molecule has 13 nitrogen and oxygen atoms in total. The second-order valence-corrected chi connectivity index (χ2v) is 21.4. The Morgan fingerprint density at radius 1 is 0.758 bits per heavy atom. The first-order chi connectivity index (χ1) is 31.7. The average molecular weight is 979 g/mol. The van der Waals surface area contributed by atoms with E-state index in [0.717, 1.165) is 64.5 Å². The van der Waals surface area contributed by atoms with Crippen LogP contribution in [0.25, 0.3) is 0 Å². The number of rotatable bonds is 17. The molecule has 2 aliphatic carbocycles. The minimum absolute atomic E-state index is 0.0146. The molecule has 4 heterocycles. The molecule has 2 aliphatic heterocycles. The summed E-state index contributed by atoms with van der Waals surface area (Å²) in [5.41, 5.74) is 1.88. The van der Waals surface area contributed by atoms with Crippen LogP contribution in [0.15, 0.2) is 111 Å². The number of aryl methyl sites for hydroxylation is 2. The quantitative estimate of drug-likeness (QED) is 0.0440. The molecule has 2 saturated carbocycles. The number of nitro groups is 1. The topological polar surface area (TPSA) is 184 Å². The Morgan fingerprint density at radius 2 is 1.24 bits per heavy atom. The van der Waals surface area contributed by atoms with Crippen molar-refractivity contribution in [1.29, 1.82) is 0 Å². The fourth-order valence-corrected chi connectivity index (χ4v) is 13.7. The van der Waals surface area contributed by atoms with Crippen LogP contribution in [0.3, 0.4) is 0 Å². The minimum Gasteiger partial charge on any atom is -0.478 e. The van der Waals surface area contributed by atoms with E-state index in [9.17, 15) is 48.3 Å². The number of halogens is 2. The van der Waals surface area contributed by atoms with Gasteiger partial charge in [-0.15, -0.1) is 0 Å². The molecule has 8 rings (SSSR count). The van der Waals surface area contributed by atoms with Crippen molar-refractivity contribution in [2.75, 3.05) is 26.2 Å². The Balaban J connectivity index is 0.000000197. The zero-order valence-corrected chi connectivity index (χ0v) is 39.3. The van der Waals surface area contributed by atoms with Gasteiger partial charge in [0.15, 0.2) is 16.6 Å². The van der Waals surface area contributed by atoms with Gasteiger partial charge < -0.3 is 14.6 Å². The standard InChI is InChI=1S/C24H26FNO4S2.C23H22FN3O5S2/c1-14-11-21(15(2)30-14)32-31-20-9-10-26(13-17(20)12-22(27)28)23(24(29)16-7-8-16)18-5-3-4-6-19(18)25;24-17-5-2-1-4-16(17)21(22(30)14-7-8-14)26-11-9-19(15(13-26)12-20(28)29)33-34-23-18(27(31)32)6-3-10-25-23/h3-6,11-12,16,20,23H,7-10,13H2,1-2H3,(H,27,28);1-6,10,12,14,19,21H,7-9,11,13H2,(H,28,29)/b17-12-;15-12-. The summed E-state index contributed by atoms with van der Waals surface area (Å²) < 4.78 is 34.9. The molecule has 2 N–H and O–H groups in total. The lowest BCUT2D eigenvalue weighted by Gasteiger charge is -2.38. The molecule has 4 aromatic rings. The van der Waals surface area contributed by atoms with E-state index in [2.05, 4.69) is 4.98 Å². The van der Waals surface area contributed by atoms with Gasteiger partial charge >= 0.3 is 17.6 Å². The first-order valence-corrected chi connectivity index (χ1v) is 25.8. The summed E-state index contributed by atoms with van der Waals surface area (Å²) >= 11 is 0. The van der Waals surface area contributed by atoms with Gasteiger partial charge in [0.2, 0.25) is 0 Å². The van der Waals surface area contributed by atoms with E-state index < -0.39 is 40.6 Å². The van der Waals surface area contributed by atoms with Crippen LogP contribution in [-0.2, 0) is 19.2 Å². The molecule has 4 aliphatic rings. The van der Waals surface area contributed by atoms with Crippen LogP contribution < -0.4 is 0 Å². The highest BCUT2D eigenvalue weighted by molar-refractivity contribution is 8.77. The van der Waals surface area contributed by atoms with Gasteiger partial charge in [-0.3, -0.25) is 29.5 Å². The van der Waals surface area contributed by atoms with E-state index >= 15 is 0 Å². The lowest BCUT2D eigenvalue weighted by atomic mass is 9.93. The summed E-state index contributed by atoms with van der Waals surface area (Å²) in [6, 6.07) is 16.0. The SMILES string of the molecule is Cc1cc(SSC2CCN(C(C(=O)C3CC3)c3ccccc3F)C/C2=C/C(=O)O)c(C)o1.O=C(O)/C=C1/CN(C(C(=O)C2CC2)c2ccccc2F)CCC1SSc1ncccc1[N+](=O)[O-]. The molecule has 0 spiro atoms. The van der Waals surface area contributed by atoms with Gasteiger partial charge in [-0.25, -0.2) is 23.4 Å². The Hall–Kier alpha value is -4.79. The predicted molar refractivity (Wildman–Crippen MR) is 251 cm³/mol. The molecule has 66 heavy (non-hydrogen) atoms. The number of ketones is 2. The smallest absolute Gasteiger partial charge is 0.328 e. The summed E-state index contributed by atoms with van der Waals surface area (Å²) in [5, 5.41) is 30.1. The molecular weight excluding hydrogens is 931 g/mol. The third-order valence-corrected chi connectivity index (χ3v) is 17.4. The number of carbonyl (C=O) groups excluding carboxylic acids is 2. The highest BCUT2D eigenvalue weighted by Crippen LogP contribution is 2.47. The Bertz CT molecular complexity index is 2530. The summed E-state index contributed by atoms with van der Waals surface area (Å²) in [5.74, 6) is -1.42. The number of aliphatic carboxylic acids is 2.